The molecular weight excluding hydrogens is 384 g/mol. The summed E-state index contributed by atoms with van der Waals surface area (Å²) >= 11 is 7.52. The first-order chi connectivity index (χ1) is 13.0. The van der Waals surface area contributed by atoms with E-state index >= 15 is 0 Å². The molecule has 0 aliphatic heterocycles. The van der Waals surface area contributed by atoms with Crippen molar-refractivity contribution in [1.29, 1.82) is 0 Å². The minimum atomic E-state index is -1.08. The molecule has 3 rings (SSSR count). The fourth-order valence-corrected chi connectivity index (χ4v) is 3.52. The fourth-order valence-electron chi connectivity index (χ4n) is 2.45. The van der Waals surface area contributed by atoms with Crippen LogP contribution in [-0.2, 0) is 11.3 Å². The number of aliphatic carboxylic acids is 1. The Hall–Kier alpha value is -2.51. The van der Waals surface area contributed by atoms with Crippen molar-refractivity contribution >= 4 is 35.0 Å². The van der Waals surface area contributed by atoms with Crippen molar-refractivity contribution in [2.45, 2.75) is 25.0 Å². The topological polar surface area (TPSA) is 82.9 Å². The van der Waals surface area contributed by atoms with Gasteiger partial charge in [-0.3, -0.25) is 4.57 Å². The molecule has 0 aliphatic carbocycles. The van der Waals surface area contributed by atoms with E-state index in [4.69, 9.17) is 11.6 Å². The number of nitrogens with zero attached hydrogens (tertiary/aromatic N) is 3. The number of hydrogen-bond donors (Lipinski definition) is 1. The molecule has 0 saturated heterocycles. The van der Waals surface area contributed by atoms with E-state index in [2.05, 4.69) is 15.5 Å². The number of rotatable bonds is 8. The van der Waals surface area contributed by atoms with Crippen LogP contribution in [0.2, 0.25) is 5.02 Å². The largest absolute Gasteiger partial charge is 0.550 e. The quantitative estimate of drug-likeness (QED) is 0.584. The Morgan fingerprint density at radius 1 is 1.22 bits per heavy atom. The SMILES string of the molecule is Cc1ccc(NCc2nnc(SCCC(=O)[O-])n2-c2ccccc2)cc1Cl. The maximum Gasteiger partial charge on any atom is 0.195 e. The van der Waals surface area contributed by atoms with Crippen molar-refractivity contribution in [3.8, 4) is 5.69 Å². The summed E-state index contributed by atoms with van der Waals surface area (Å²) in [6, 6.07) is 15.5. The number of aromatic nitrogens is 3. The first kappa shape index (κ1) is 19.3. The number of carbonyl (C=O) groups excluding carboxylic acids is 1. The standard InChI is InChI=1S/C19H19ClN4O2S/c1-13-7-8-14(11-16(13)20)21-12-17-22-23-19(27-10-9-18(25)26)24(17)15-5-3-2-4-6-15/h2-8,11,21H,9-10,12H2,1H3,(H,25,26)/p-1. The number of halogens is 1. The van der Waals surface area contributed by atoms with Gasteiger partial charge in [0, 0.05) is 28.1 Å². The maximum atomic E-state index is 10.7. The van der Waals surface area contributed by atoms with E-state index in [0.717, 1.165) is 16.9 Å². The van der Waals surface area contributed by atoms with E-state index in [0.29, 0.717) is 28.3 Å². The summed E-state index contributed by atoms with van der Waals surface area (Å²) in [5.74, 6) is 0.00848. The average Bonchev–Trinajstić information content (AvgIpc) is 3.06. The van der Waals surface area contributed by atoms with Crippen molar-refractivity contribution in [3.63, 3.8) is 0 Å². The molecule has 0 atom stereocenters. The molecule has 27 heavy (non-hydrogen) atoms. The van der Waals surface area contributed by atoms with Gasteiger partial charge in [-0.25, -0.2) is 0 Å². The molecule has 1 aromatic heterocycles. The van der Waals surface area contributed by atoms with Crippen LogP contribution < -0.4 is 10.4 Å². The van der Waals surface area contributed by atoms with E-state index in [1.165, 1.54) is 11.8 Å². The lowest BCUT2D eigenvalue weighted by Gasteiger charge is -2.12. The normalized spacial score (nSPS) is 10.7. The van der Waals surface area contributed by atoms with E-state index in [1.54, 1.807) is 0 Å². The molecule has 0 fully saturated rings. The van der Waals surface area contributed by atoms with Crippen LogP contribution in [0, 0.1) is 6.92 Å². The molecule has 140 valence electrons. The van der Waals surface area contributed by atoms with Gasteiger partial charge in [0.05, 0.1) is 6.54 Å². The highest BCUT2D eigenvalue weighted by Crippen LogP contribution is 2.24. The zero-order chi connectivity index (χ0) is 19.2. The Labute approximate surface area is 166 Å². The predicted octanol–water partition coefficient (Wildman–Crippen LogP) is 3.07. The zero-order valence-corrected chi connectivity index (χ0v) is 16.3. The van der Waals surface area contributed by atoms with Gasteiger partial charge in [0.25, 0.3) is 0 Å². The fraction of sp³-hybridized carbons (Fsp3) is 0.211. The van der Waals surface area contributed by atoms with Crippen molar-refractivity contribution < 1.29 is 9.90 Å². The second-order valence-electron chi connectivity index (χ2n) is 5.86. The molecule has 0 amide bonds. The van der Waals surface area contributed by atoms with E-state index in [1.807, 2.05) is 60.0 Å². The number of nitrogens with one attached hydrogen (secondary N) is 1. The number of aryl methyl sites for hydroxylation is 1. The molecule has 0 saturated carbocycles. The first-order valence-electron chi connectivity index (χ1n) is 8.37. The minimum Gasteiger partial charge on any atom is -0.550 e. The minimum absolute atomic E-state index is 0.0399. The van der Waals surface area contributed by atoms with Crippen molar-refractivity contribution in [3.05, 3.63) is 64.9 Å². The third kappa shape index (κ3) is 5.02. The van der Waals surface area contributed by atoms with Gasteiger partial charge >= 0.3 is 0 Å². The van der Waals surface area contributed by atoms with Crippen LogP contribution in [0.4, 0.5) is 5.69 Å². The smallest absolute Gasteiger partial charge is 0.195 e. The van der Waals surface area contributed by atoms with Crippen LogP contribution in [0.5, 0.6) is 0 Å². The van der Waals surface area contributed by atoms with E-state index < -0.39 is 5.97 Å². The summed E-state index contributed by atoms with van der Waals surface area (Å²) in [6.07, 6.45) is -0.0399. The molecule has 0 radical (unpaired) electrons. The highest BCUT2D eigenvalue weighted by molar-refractivity contribution is 7.99. The third-order valence-electron chi connectivity index (χ3n) is 3.87. The number of carbonyl (C=O) groups is 1. The number of carboxylic acid groups (broad SMARTS) is 1. The van der Waals surface area contributed by atoms with Crippen molar-refractivity contribution in [1.82, 2.24) is 14.8 Å². The molecule has 6 nitrogen and oxygen atoms in total. The van der Waals surface area contributed by atoms with E-state index in [-0.39, 0.29) is 6.42 Å². The Morgan fingerprint density at radius 3 is 2.70 bits per heavy atom. The molecule has 0 spiro atoms. The van der Waals surface area contributed by atoms with Gasteiger partial charge in [-0.05, 0) is 43.2 Å². The summed E-state index contributed by atoms with van der Waals surface area (Å²) in [5, 5.41) is 23.8. The van der Waals surface area contributed by atoms with E-state index in [9.17, 15) is 9.90 Å². The molecule has 8 heteroatoms. The first-order valence-corrected chi connectivity index (χ1v) is 9.73. The number of anilines is 1. The number of benzene rings is 2. The lowest BCUT2D eigenvalue weighted by molar-refractivity contribution is -0.305. The molecule has 0 unspecified atom stereocenters. The number of thioether (sulfide) groups is 1. The Morgan fingerprint density at radius 2 is 2.00 bits per heavy atom. The van der Waals surface area contributed by atoms with Gasteiger partial charge in [-0.1, -0.05) is 47.6 Å². The predicted molar refractivity (Wildman–Crippen MR) is 105 cm³/mol. The third-order valence-corrected chi connectivity index (χ3v) is 5.21. The average molecular weight is 402 g/mol. The monoisotopic (exact) mass is 401 g/mol. The van der Waals surface area contributed by atoms with Crippen LogP contribution >= 0.6 is 23.4 Å². The molecular formula is C19H18ClN4O2S-. The second kappa shape index (κ2) is 8.92. The molecule has 2 aromatic carbocycles. The Balaban J connectivity index is 1.82. The highest BCUT2D eigenvalue weighted by atomic mass is 35.5. The molecule has 3 aromatic rings. The number of para-hydroxylation sites is 1. The maximum absolute atomic E-state index is 10.7. The van der Waals surface area contributed by atoms with Crippen LogP contribution in [-0.4, -0.2) is 26.5 Å². The number of hydrogen-bond acceptors (Lipinski definition) is 6. The van der Waals surface area contributed by atoms with Gasteiger partial charge < -0.3 is 15.2 Å². The zero-order valence-electron chi connectivity index (χ0n) is 14.7. The van der Waals surface area contributed by atoms with Crippen LogP contribution in [0.25, 0.3) is 5.69 Å². The lowest BCUT2D eigenvalue weighted by Crippen LogP contribution is -2.22. The van der Waals surface area contributed by atoms with Gasteiger partial charge in [0.15, 0.2) is 11.0 Å². The van der Waals surface area contributed by atoms with Crippen LogP contribution in [0.15, 0.2) is 53.7 Å². The molecule has 0 aliphatic rings. The summed E-state index contributed by atoms with van der Waals surface area (Å²) < 4.78 is 1.92. The van der Waals surface area contributed by atoms with Gasteiger partial charge in [0.1, 0.15) is 0 Å². The lowest BCUT2D eigenvalue weighted by atomic mass is 10.2. The van der Waals surface area contributed by atoms with Gasteiger partial charge in [0.2, 0.25) is 0 Å². The Bertz CT molecular complexity index is 931. The summed E-state index contributed by atoms with van der Waals surface area (Å²) in [5.41, 5.74) is 2.82. The highest BCUT2D eigenvalue weighted by Gasteiger charge is 2.14. The summed E-state index contributed by atoms with van der Waals surface area (Å²) in [4.78, 5) is 10.7. The van der Waals surface area contributed by atoms with Gasteiger partial charge in [-0.2, -0.15) is 0 Å². The van der Waals surface area contributed by atoms with Crippen LogP contribution in [0.3, 0.4) is 0 Å². The molecule has 0 bridgehead atoms. The second-order valence-corrected chi connectivity index (χ2v) is 7.33. The Kier molecular flexibility index (Phi) is 6.36. The van der Waals surface area contributed by atoms with Crippen LogP contribution in [0.1, 0.15) is 17.8 Å². The van der Waals surface area contributed by atoms with Crippen molar-refractivity contribution in [2.24, 2.45) is 0 Å². The summed E-state index contributed by atoms with van der Waals surface area (Å²) in [7, 11) is 0. The van der Waals surface area contributed by atoms with Crippen molar-refractivity contribution in [2.75, 3.05) is 11.1 Å². The molecule has 1 heterocycles. The summed E-state index contributed by atoms with van der Waals surface area (Å²) in [6.45, 7) is 2.40. The molecule has 1 N–H and O–H groups in total. The number of carboxylic acids is 1. The van der Waals surface area contributed by atoms with Gasteiger partial charge in [-0.15, -0.1) is 10.2 Å².